The Morgan fingerprint density at radius 2 is 1.73 bits per heavy atom. The highest BCUT2D eigenvalue weighted by Crippen LogP contribution is 2.27. The third-order valence-electron chi connectivity index (χ3n) is 3.37. The molecule has 2 rings (SSSR count). The van der Waals surface area contributed by atoms with E-state index in [0.29, 0.717) is 11.4 Å². The molecule has 0 bridgehead atoms. The van der Waals surface area contributed by atoms with Crippen LogP contribution in [0.3, 0.4) is 0 Å². The van der Waals surface area contributed by atoms with Gasteiger partial charge in [-0.1, -0.05) is 60.0 Å². The van der Waals surface area contributed by atoms with Crippen molar-refractivity contribution < 1.29 is 8.42 Å². The first-order chi connectivity index (χ1) is 10.3. The highest BCUT2D eigenvalue weighted by molar-refractivity contribution is 7.89. The second-order valence-electron chi connectivity index (χ2n) is 5.07. The lowest BCUT2D eigenvalue weighted by Crippen LogP contribution is -2.28. The summed E-state index contributed by atoms with van der Waals surface area (Å²) >= 11 is 11.9. The number of sulfonamides is 1. The topological polar surface area (TPSA) is 46.2 Å². The third kappa shape index (κ3) is 4.02. The Kier molecular flexibility index (Phi) is 5.50. The molecule has 6 heteroatoms. The number of hydrogen-bond acceptors (Lipinski definition) is 2. The van der Waals surface area contributed by atoms with E-state index in [1.807, 2.05) is 38.1 Å². The zero-order valence-electron chi connectivity index (χ0n) is 12.3. The van der Waals surface area contributed by atoms with Crippen LogP contribution in [-0.2, 0) is 10.0 Å². The second-order valence-corrected chi connectivity index (χ2v) is 7.59. The van der Waals surface area contributed by atoms with Gasteiger partial charge in [-0.15, -0.1) is 0 Å². The maximum Gasteiger partial charge on any atom is 0.242 e. The zero-order chi connectivity index (χ0) is 16.3. The van der Waals surface area contributed by atoms with Gasteiger partial charge in [-0.05, 0) is 37.1 Å². The molecule has 2 aromatic carbocycles. The molecule has 0 aliphatic carbocycles. The summed E-state index contributed by atoms with van der Waals surface area (Å²) in [5.74, 6) is 0. The lowest BCUT2D eigenvalue weighted by atomic mass is 10.0. The van der Waals surface area contributed by atoms with Crippen LogP contribution in [0, 0.1) is 6.92 Å². The smallest absolute Gasteiger partial charge is 0.207 e. The van der Waals surface area contributed by atoms with Crippen LogP contribution in [0.25, 0.3) is 0 Å². The predicted molar refractivity (Wildman–Crippen MR) is 91.0 cm³/mol. The predicted octanol–water partition coefficient (Wildman–Crippen LogP) is 4.73. The van der Waals surface area contributed by atoms with Gasteiger partial charge in [0.05, 0.1) is 5.02 Å². The minimum Gasteiger partial charge on any atom is -0.207 e. The van der Waals surface area contributed by atoms with E-state index in [1.54, 1.807) is 6.07 Å². The molecule has 1 unspecified atom stereocenters. The Hall–Kier alpha value is -1.07. The molecule has 0 saturated heterocycles. The molecule has 118 valence electrons. The molecular weight excluding hydrogens is 341 g/mol. The van der Waals surface area contributed by atoms with Crippen molar-refractivity contribution in [2.75, 3.05) is 0 Å². The van der Waals surface area contributed by atoms with Gasteiger partial charge in [-0.3, -0.25) is 0 Å². The molecule has 0 aliphatic rings. The standard InChI is InChI=1S/C16H17Cl2NO2S/c1-3-15(12-6-4-11(2)5-7-12)19-22(20,21)16-10-13(17)8-9-14(16)18/h4-10,15,19H,3H2,1-2H3. The molecule has 0 amide bonds. The van der Waals surface area contributed by atoms with E-state index in [4.69, 9.17) is 23.2 Å². The fourth-order valence-electron chi connectivity index (χ4n) is 2.12. The molecule has 0 fully saturated rings. The van der Waals surface area contributed by atoms with Gasteiger partial charge in [0.25, 0.3) is 0 Å². The van der Waals surface area contributed by atoms with E-state index >= 15 is 0 Å². The average Bonchev–Trinajstić information content (AvgIpc) is 2.48. The first-order valence-corrected chi connectivity index (χ1v) is 9.11. The first kappa shape index (κ1) is 17.3. The molecule has 0 radical (unpaired) electrons. The average molecular weight is 358 g/mol. The monoisotopic (exact) mass is 357 g/mol. The van der Waals surface area contributed by atoms with Crippen molar-refractivity contribution in [2.24, 2.45) is 0 Å². The molecule has 3 nitrogen and oxygen atoms in total. The van der Waals surface area contributed by atoms with Gasteiger partial charge in [0, 0.05) is 11.1 Å². The zero-order valence-corrected chi connectivity index (χ0v) is 14.6. The summed E-state index contributed by atoms with van der Waals surface area (Å²) in [4.78, 5) is -0.00720. The summed E-state index contributed by atoms with van der Waals surface area (Å²) in [6, 6.07) is 11.8. The Bertz CT molecular complexity index is 758. The van der Waals surface area contributed by atoms with Crippen LogP contribution in [0.15, 0.2) is 47.4 Å². The number of hydrogen-bond donors (Lipinski definition) is 1. The largest absolute Gasteiger partial charge is 0.242 e. The molecule has 0 aromatic heterocycles. The van der Waals surface area contributed by atoms with Crippen LogP contribution in [-0.4, -0.2) is 8.42 Å². The van der Waals surface area contributed by atoms with Gasteiger partial charge in [0.1, 0.15) is 4.90 Å². The highest BCUT2D eigenvalue weighted by atomic mass is 35.5. The molecule has 22 heavy (non-hydrogen) atoms. The minimum absolute atomic E-state index is 0.00720. The first-order valence-electron chi connectivity index (χ1n) is 6.87. The summed E-state index contributed by atoms with van der Waals surface area (Å²) in [5.41, 5.74) is 2.04. The van der Waals surface area contributed by atoms with Crippen molar-refractivity contribution in [3.05, 3.63) is 63.6 Å². The molecule has 0 heterocycles. The van der Waals surface area contributed by atoms with E-state index in [0.717, 1.165) is 11.1 Å². The van der Waals surface area contributed by atoms with E-state index in [2.05, 4.69) is 4.72 Å². The molecule has 0 saturated carbocycles. The number of aryl methyl sites for hydroxylation is 1. The lowest BCUT2D eigenvalue weighted by molar-refractivity contribution is 0.550. The third-order valence-corrected chi connectivity index (χ3v) is 5.56. The summed E-state index contributed by atoms with van der Waals surface area (Å²) < 4.78 is 27.8. The van der Waals surface area contributed by atoms with E-state index in [1.165, 1.54) is 12.1 Å². The molecule has 1 N–H and O–H groups in total. The normalized spacial score (nSPS) is 13.1. The van der Waals surface area contributed by atoms with Gasteiger partial charge < -0.3 is 0 Å². The van der Waals surface area contributed by atoms with E-state index in [-0.39, 0.29) is 16.0 Å². The van der Waals surface area contributed by atoms with Crippen molar-refractivity contribution in [3.8, 4) is 0 Å². The Balaban J connectivity index is 2.33. The Morgan fingerprint density at radius 3 is 2.32 bits per heavy atom. The molecular formula is C16H17Cl2NO2S. The number of rotatable bonds is 5. The maximum absolute atomic E-state index is 12.6. The Morgan fingerprint density at radius 1 is 1.09 bits per heavy atom. The van der Waals surface area contributed by atoms with Crippen LogP contribution < -0.4 is 4.72 Å². The minimum atomic E-state index is -3.75. The molecule has 0 spiro atoms. The second kappa shape index (κ2) is 7.01. The van der Waals surface area contributed by atoms with Crippen molar-refractivity contribution in [2.45, 2.75) is 31.2 Å². The number of halogens is 2. The van der Waals surface area contributed by atoms with Crippen LogP contribution in [0.4, 0.5) is 0 Å². The Labute approximate surface area is 141 Å². The van der Waals surface area contributed by atoms with Crippen LogP contribution in [0.5, 0.6) is 0 Å². The van der Waals surface area contributed by atoms with Crippen molar-refractivity contribution >= 4 is 33.2 Å². The van der Waals surface area contributed by atoms with Crippen molar-refractivity contribution in [3.63, 3.8) is 0 Å². The van der Waals surface area contributed by atoms with Crippen LogP contribution in [0.2, 0.25) is 10.0 Å². The number of nitrogens with one attached hydrogen (secondary N) is 1. The molecule has 0 aliphatic heterocycles. The molecule has 1 atom stereocenters. The lowest BCUT2D eigenvalue weighted by Gasteiger charge is -2.18. The molecule has 2 aromatic rings. The van der Waals surface area contributed by atoms with Gasteiger partial charge in [-0.2, -0.15) is 0 Å². The van der Waals surface area contributed by atoms with E-state index < -0.39 is 10.0 Å². The summed E-state index contributed by atoms with van der Waals surface area (Å²) in [6.45, 7) is 3.91. The fraction of sp³-hybridized carbons (Fsp3) is 0.250. The van der Waals surface area contributed by atoms with Crippen molar-refractivity contribution in [1.82, 2.24) is 4.72 Å². The SMILES string of the molecule is CCC(NS(=O)(=O)c1cc(Cl)ccc1Cl)c1ccc(C)cc1. The quantitative estimate of drug-likeness (QED) is 0.840. The van der Waals surface area contributed by atoms with Gasteiger partial charge in [0.2, 0.25) is 10.0 Å². The highest BCUT2D eigenvalue weighted by Gasteiger charge is 2.23. The van der Waals surface area contributed by atoms with Crippen LogP contribution in [0.1, 0.15) is 30.5 Å². The van der Waals surface area contributed by atoms with Gasteiger partial charge >= 0.3 is 0 Å². The van der Waals surface area contributed by atoms with Gasteiger partial charge in [0.15, 0.2) is 0 Å². The van der Waals surface area contributed by atoms with E-state index in [9.17, 15) is 8.42 Å². The van der Waals surface area contributed by atoms with Crippen molar-refractivity contribution in [1.29, 1.82) is 0 Å². The van der Waals surface area contributed by atoms with Crippen LogP contribution >= 0.6 is 23.2 Å². The maximum atomic E-state index is 12.6. The summed E-state index contributed by atoms with van der Waals surface area (Å²) in [5, 5.41) is 0.476. The summed E-state index contributed by atoms with van der Waals surface area (Å²) in [7, 11) is -3.75. The van der Waals surface area contributed by atoms with Gasteiger partial charge in [-0.25, -0.2) is 13.1 Å². The number of benzene rings is 2. The summed E-state index contributed by atoms with van der Waals surface area (Å²) in [6.07, 6.45) is 0.625. The fourth-order valence-corrected chi connectivity index (χ4v) is 4.19.